The Hall–Kier alpha value is -0.390. The highest BCUT2D eigenvalue weighted by atomic mass is 79.9. The van der Waals surface area contributed by atoms with Crippen LogP contribution < -0.4 is 11.1 Å². The Morgan fingerprint density at radius 1 is 1.47 bits per heavy atom. The molecule has 0 aromatic carbocycles. The first kappa shape index (κ1) is 14.7. The molecule has 0 spiro atoms. The lowest BCUT2D eigenvalue weighted by molar-refractivity contribution is -0.126. The molecular weight excluding hydrogens is 300 g/mol. The van der Waals surface area contributed by atoms with Gasteiger partial charge < -0.3 is 11.1 Å². The van der Waals surface area contributed by atoms with Crippen LogP contribution in [0.3, 0.4) is 0 Å². The Labute approximate surface area is 115 Å². The molecule has 1 aromatic rings. The van der Waals surface area contributed by atoms with Crippen molar-refractivity contribution in [3.63, 3.8) is 0 Å². The number of carbonyl (C=O) groups is 1. The molecule has 0 radical (unpaired) electrons. The van der Waals surface area contributed by atoms with Gasteiger partial charge in [0.25, 0.3) is 0 Å². The van der Waals surface area contributed by atoms with E-state index in [-0.39, 0.29) is 5.91 Å². The van der Waals surface area contributed by atoms with E-state index in [1.165, 1.54) is 4.88 Å². The summed E-state index contributed by atoms with van der Waals surface area (Å²) >= 11 is 5.11. The van der Waals surface area contributed by atoms with Crippen LogP contribution in [0, 0.1) is 0 Å². The Bertz CT molecular complexity index is 374. The average Bonchev–Trinajstić information content (AvgIpc) is 2.74. The Balaban J connectivity index is 2.38. The summed E-state index contributed by atoms with van der Waals surface area (Å²) in [7, 11) is 0. The Morgan fingerprint density at radius 3 is 2.59 bits per heavy atom. The number of carbonyl (C=O) groups excluding carboxylic acids is 1. The number of nitrogens with one attached hydrogen (secondary N) is 1. The van der Waals surface area contributed by atoms with Gasteiger partial charge in [0.1, 0.15) is 0 Å². The van der Waals surface area contributed by atoms with Crippen molar-refractivity contribution in [1.82, 2.24) is 5.32 Å². The summed E-state index contributed by atoms with van der Waals surface area (Å²) < 4.78 is 1.12. The third kappa shape index (κ3) is 4.08. The minimum absolute atomic E-state index is 0.0434. The second-order valence-corrected chi connectivity index (χ2v) is 6.62. The zero-order valence-corrected chi connectivity index (χ0v) is 12.7. The van der Waals surface area contributed by atoms with Gasteiger partial charge in [0.05, 0.1) is 9.33 Å². The molecule has 3 N–H and O–H groups in total. The number of hydrogen-bond acceptors (Lipinski definition) is 3. The van der Waals surface area contributed by atoms with Gasteiger partial charge >= 0.3 is 0 Å². The normalized spacial score (nSPS) is 11.5. The van der Waals surface area contributed by atoms with Crippen LogP contribution in [0.5, 0.6) is 0 Å². The van der Waals surface area contributed by atoms with E-state index in [9.17, 15) is 4.79 Å². The van der Waals surface area contributed by atoms with Gasteiger partial charge in [0, 0.05) is 11.4 Å². The standard InChI is InChI=1S/C12H19BrN2OS/c1-3-12(14,4-2)11(16)15-8-7-9-5-6-10(13)17-9/h5-6H,3-4,7-8,14H2,1-2H3,(H,15,16). The molecule has 0 unspecified atom stereocenters. The molecule has 1 rings (SSSR count). The lowest BCUT2D eigenvalue weighted by atomic mass is 9.93. The van der Waals surface area contributed by atoms with Crippen molar-refractivity contribution in [3.8, 4) is 0 Å². The monoisotopic (exact) mass is 318 g/mol. The number of hydrogen-bond donors (Lipinski definition) is 2. The predicted molar refractivity (Wildman–Crippen MR) is 76.2 cm³/mol. The number of nitrogens with two attached hydrogens (primary N) is 1. The molecule has 0 saturated carbocycles. The molecular formula is C12H19BrN2OS. The molecule has 96 valence electrons. The third-order valence-corrected chi connectivity index (χ3v) is 4.68. The minimum atomic E-state index is -0.712. The Kier molecular flexibility index (Phi) is 5.62. The van der Waals surface area contributed by atoms with Crippen molar-refractivity contribution in [3.05, 3.63) is 20.8 Å². The summed E-state index contributed by atoms with van der Waals surface area (Å²) in [6.45, 7) is 4.53. The second-order valence-electron chi connectivity index (χ2n) is 4.07. The fraction of sp³-hybridized carbons (Fsp3) is 0.583. The smallest absolute Gasteiger partial charge is 0.240 e. The van der Waals surface area contributed by atoms with Crippen molar-refractivity contribution in [2.45, 2.75) is 38.6 Å². The minimum Gasteiger partial charge on any atom is -0.354 e. The summed E-state index contributed by atoms with van der Waals surface area (Å²) in [6.07, 6.45) is 2.19. The molecule has 1 amide bonds. The maximum absolute atomic E-state index is 11.9. The van der Waals surface area contributed by atoms with Gasteiger partial charge in [0.2, 0.25) is 5.91 Å². The second kappa shape index (κ2) is 6.52. The third-order valence-electron chi connectivity index (χ3n) is 3.00. The van der Waals surface area contributed by atoms with E-state index in [0.717, 1.165) is 10.2 Å². The van der Waals surface area contributed by atoms with Gasteiger partial charge in [-0.15, -0.1) is 11.3 Å². The van der Waals surface area contributed by atoms with Crippen molar-refractivity contribution in [2.24, 2.45) is 5.73 Å². The fourth-order valence-electron chi connectivity index (χ4n) is 1.53. The van der Waals surface area contributed by atoms with Crippen molar-refractivity contribution < 1.29 is 4.79 Å². The zero-order valence-electron chi connectivity index (χ0n) is 10.3. The molecule has 0 atom stereocenters. The molecule has 1 aromatic heterocycles. The molecule has 0 bridgehead atoms. The van der Waals surface area contributed by atoms with E-state index in [2.05, 4.69) is 27.3 Å². The van der Waals surface area contributed by atoms with Crippen LogP contribution in [0.4, 0.5) is 0 Å². The van der Waals surface area contributed by atoms with E-state index in [0.29, 0.717) is 19.4 Å². The number of amides is 1. The maximum atomic E-state index is 11.9. The molecule has 0 saturated heterocycles. The molecule has 0 aliphatic rings. The molecule has 5 heteroatoms. The maximum Gasteiger partial charge on any atom is 0.240 e. The van der Waals surface area contributed by atoms with Crippen molar-refractivity contribution >= 4 is 33.2 Å². The van der Waals surface area contributed by atoms with Gasteiger partial charge in [0.15, 0.2) is 0 Å². The average molecular weight is 319 g/mol. The summed E-state index contributed by atoms with van der Waals surface area (Å²) in [4.78, 5) is 13.1. The molecule has 0 fully saturated rings. The fourth-order valence-corrected chi connectivity index (χ4v) is 3.02. The van der Waals surface area contributed by atoms with Crippen LogP contribution in [0.1, 0.15) is 31.6 Å². The van der Waals surface area contributed by atoms with Crippen LogP contribution in [0.2, 0.25) is 0 Å². The van der Waals surface area contributed by atoms with Crippen LogP contribution in [-0.2, 0) is 11.2 Å². The summed E-state index contributed by atoms with van der Waals surface area (Å²) in [6, 6.07) is 4.09. The first-order chi connectivity index (χ1) is 8.01. The summed E-state index contributed by atoms with van der Waals surface area (Å²) in [5.41, 5.74) is 5.29. The summed E-state index contributed by atoms with van der Waals surface area (Å²) in [5, 5.41) is 2.91. The van der Waals surface area contributed by atoms with E-state index >= 15 is 0 Å². The lowest BCUT2D eigenvalue weighted by Gasteiger charge is -2.25. The first-order valence-corrected chi connectivity index (χ1v) is 7.44. The first-order valence-electron chi connectivity index (χ1n) is 5.83. The lowest BCUT2D eigenvalue weighted by Crippen LogP contribution is -2.53. The van der Waals surface area contributed by atoms with Gasteiger partial charge in [-0.1, -0.05) is 13.8 Å². The van der Waals surface area contributed by atoms with Crippen molar-refractivity contribution in [1.29, 1.82) is 0 Å². The van der Waals surface area contributed by atoms with Crippen molar-refractivity contribution in [2.75, 3.05) is 6.54 Å². The molecule has 1 heterocycles. The van der Waals surface area contributed by atoms with Crippen LogP contribution in [0.15, 0.2) is 15.9 Å². The zero-order chi connectivity index (χ0) is 12.9. The van der Waals surface area contributed by atoms with Gasteiger partial charge in [-0.25, -0.2) is 0 Å². The molecule has 0 aliphatic heterocycles. The van der Waals surface area contributed by atoms with E-state index in [4.69, 9.17) is 5.73 Å². The Morgan fingerprint density at radius 2 is 2.12 bits per heavy atom. The van der Waals surface area contributed by atoms with Crippen LogP contribution >= 0.6 is 27.3 Å². The number of thiophene rings is 1. The summed E-state index contributed by atoms with van der Waals surface area (Å²) in [5.74, 6) is -0.0434. The highest BCUT2D eigenvalue weighted by Gasteiger charge is 2.29. The highest BCUT2D eigenvalue weighted by Crippen LogP contribution is 2.22. The van der Waals surface area contributed by atoms with E-state index in [1.54, 1.807) is 11.3 Å². The van der Waals surface area contributed by atoms with Gasteiger partial charge in [-0.3, -0.25) is 4.79 Å². The van der Waals surface area contributed by atoms with E-state index in [1.807, 2.05) is 19.9 Å². The molecule has 17 heavy (non-hydrogen) atoms. The molecule has 0 aliphatic carbocycles. The quantitative estimate of drug-likeness (QED) is 0.847. The predicted octanol–water partition coefficient (Wildman–Crippen LogP) is 2.69. The van der Waals surface area contributed by atoms with Gasteiger partial charge in [-0.05, 0) is 47.3 Å². The SMILES string of the molecule is CCC(N)(CC)C(=O)NCCc1ccc(Br)s1. The van der Waals surface area contributed by atoms with Crippen LogP contribution in [0.25, 0.3) is 0 Å². The topological polar surface area (TPSA) is 55.1 Å². The molecule has 3 nitrogen and oxygen atoms in total. The highest BCUT2D eigenvalue weighted by molar-refractivity contribution is 9.11. The number of halogens is 1. The van der Waals surface area contributed by atoms with E-state index < -0.39 is 5.54 Å². The number of rotatable bonds is 6. The van der Waals surface area contributed by atoms with Crippen LogP contribution in [-0.4, -0.2) is 18.0 Å². The largest absolute Gasteiger partial charge is 0.354 e. The van der Waals surface area contributed by atoms with Gasteiger partial charge in [-0.2, -0.15) is 0 Å².